The third-order valence-electron chi connectivity index (χ3n) is 3.25. The summed E-state index contributed by atoms with van der Waals surface area (Å²) < 4.78 is 14.9. The van der Waals surface area contributed by atoms with Crippen molar-refractivity contribution >= 4 is 29.2 Å². The van der Waals surface area contributed by atoms with Gasteiger partial charge < -0.3 is 14.2 Å². The summed E-state index contributed by atoms with van der Waals surface area (Å²) in [5.74, 6) is -1.11. The molecule has 136 valence electrons. The maximum atomic E-state index is 12.0. The summed E-state index contributed by atoms with van der Waals surface area (Å²) in [6, 6.07) is 9.71. The number of hydrogen-bond acceptors (Lipinski definition) is 7. The highest BCUT2D eigenvalue weighted by Gasteiger charge is 2.20. The van der Waals surface area contributed by atoms with Crippen molar-refractivity contribution in [2.75, 3.05) is 7.11 Å². The first kappa shape index (κ1) is 19.2. The monoisotopic (exact) mass is 379 g/mol. The van der Waals surface area contributed by atoms with Crippen molar-refractivity contribution < 1.29 is 28.7 Å². The number of benzene rings is 2. The molecule has 0 fully saturated rings. The fourth-order valence-electron chi connectivity index (χ4n) is 1.95. The van der Waals surface area contributed by atoms with Gasteiger partial charge >= 0.3 is 17.6 Å². The van der Waals surface area contributed by atoms with E-state index in [1.165, 1.54) is 56.5 Å². The molecule has 0 radical (unpaired) electrons. The third kappa shape index (κ3) is 4.70. The smallest absolute Gasteiger partial charge is 0.346 e. The second kappa shape index (κ2) is 8.30. The second-order valence-electron chi connectivity index (χ2n) is 5.07. The van der Waals surface area contributed by atoms with Gasteiger partial charge in [-0.1, -0.05) is 11.6 Å². The van der Waals surface area contributed by atoms with E-state index in [-0.39, 0.29) is 27.8 Å². The van der Waals surface area contributed by atoms with Crippen molar-refractivity contribution in [3.63, 3.8) is 0 Å². The molecule has 26 heavy (non-hydrogen) atoms. The maximum Gasteiger partial charge on any atom is 0.346 e. The van der Waals surface area contributed by atoms with Crippen LogP contribution in [0.5, 0.6) is 11.5 Å². The van der Waals surface area contributed by atoms with Crippen LogP contribution in [0.4, 0.5) is 5.69 Å². The predicted molar refractivity (Wildman–Crippen MR) is 91.5 cm³/mol. The van der Waals surface area contributed by atoms with Crippen molar-refractivity contribution in [3.05, 3.63) is 63.2 Å². The van der Waals surface area contributed by atoms with Crippen LogP contribution in [0.1, 0.15) is 17.3 Å². The summed E-state index contributed by atoms with van der Waals surface area (Å²) in [7, 11) is 1.19. The number of hydrogen-bond donors (Lipinski definition) is 0. The molecule has 0 aliphatic heterocycles. The van der Waals surface area contributed by atoms with Crippen molar-refractivity contribution in [2.45, 2.75) is 13.0 Å². The van der Waals surface area contributed by atoms with Crippen LogP contribution in [0.3, 0.4) is 0 Å². The lowest BCUT2D eigenvalue weighted by atomic mass is 10.2. The zero-order valence-electron chi connectivity index (χ0n) is 13.8. The molecular weight excluding hydrogens is 366 g/mol. The molecule has 0 unspecified atom stereocenters. The second-order valence-corrected chi connectivity index (χ2v) is 5.50. The molecule has 0 N–H and O–H groups in total. The molecule has 0 saturated heterocycles. The van der Waals surface area contributed by atoms with Crippen molar-refractivity contribution in [2.24, 2.45) is 0 Å². The fourth-order valence-corrected chi connectivity index (χ4v) is 2.11. The lowest BCUT2D eigenvalue weighted by molar-refractivity contribution is -0.385. The first-order valence-corrected chi connectivity index (χ1v) is 7.70. The SMILES string of the molecule is COC(=O)[C@@H](C)OC(=O)c1ccc(Oc2ccc(Cl)cc2[N+](=O)[O-])cc1. The van der Waals surface area contributed by atoms with Crippen molar-refractivity contribution in [1.29, 1.82) is 0 Å². The molecule has 0 aliphatic rings. The van der Waals surface area contributed by atoms with E-state index in [4.69, 9.17) is 21.1 Å². The summed E-state index contributed by atoms with van der Waals surface area (Å²) in [5, 5.41) is 11.3. The van der Waals surface area contributed by atoms with Gasteiger partial charge in [0, 0.05) is 11.1 Å². The van der Waals surface area contributed by atoms with E-state index in [9.17, 15) is 19.7 Å². The van der Waals surface area contributed by atoms with E-state index < -0.39 is 23.0 Å². The Labute approximate surface area is 153 Å². The normalized spacial score (nSPS) is 11.3. The highest BCUT2D eigenvalue weighted by molar-refractivity contribution is 6.30. The minimum atomic E-state index is -1.04. The molecule has 0 aromatic heterocycles. The molecule has 0 saturated carbocycles. The lowest BCUT2D eigenvalue weighted by Crippen LogP contribution is -2.25. The number of carbonyl (C=O) groups excluding carboxylic acids is 2. The minimum Gasteiger partial charge on any atom is -0.466 e. The molecule has 2 rings (SSSR count). The van der Waals surface area contributed by atoms with Gasteiger partial charge in [0.2, 0.25) is 5.75 Å². The summed E-state index contributed by atoms with van der Waals surface area (Å²) in [4.78, 5) is 33.7. The van der Waals surface area contributed by atoms with Crippen molar-refractivity contribution in [1.82, 2.24) is 0 Å². The minimum absolute atomic E-state index is 0.00837. The molecule has 1 atom stereocenters. The van der Waals surface area contributed by atoms with E-state index in [1.54, 1.807) is 0 Å². The van der Waals surface area contributed by atoms with E-state index in [0.717, 1.165) is 0 Å². The Morgan fingerprint density at radius 3 is 2.38 bits per heavy atom. The number of rotatable bonds is 6. The molecule has 0 spiro atoms. The zero-order valence-corrected chi connectivity index (χ0v) is 14.6. The Bertz CT molecular complexity index is 836. The van der Waals surface area contributed by atoms with Crippen LogP contribution in [0, 0.1) is 10.1 Å². The number of nitro groups is 1. The lowest BCUT2D eigenvalue weighted by Gasteiger charge is -2.11. The Hall–Kier alpha value is -3.13. The summed E-state index contributed by atoms with van der Waals surface area (Å²) in [6.07, 6.45) is -1.04. The van der Waals surface area contributed by atoms with Crippen LogP contribution < -0.4 is 4.74 Å². The van der Waals surface area contributed by atoms with Crippen LogP contribution in [-0.4, -0.2) is 30.1 Å². The van der Waals surface area contributed by atoms with Gasteiger partial charge in [-0.25, -0.2) is 9.59 Å². The molecule has 2 aromatic carbocycles. The van der Waals surface area contributed by atoms with E-state index >= 15 is 0 Å². The average molecular weight is 380 g/mol. The average Bonchev–Trinajstić information content (AvgIpc) is 2.62. The molecular formula is C17H14ClNO7. The summed E-state index contributed by atoms with van der Waals surface area (Å²) in [5.41, 5.74) is -0.105. The Morgan fingerprint density at radius 1 is 1.15 bits per heavy atom. The van der Waals surface area contributed by atoms with Crippen LogP contribution in [0.2, 0.25) is 5.02 Å². The molecule has 0 heterocycles. The van der Waals surface area contributed by atoms with Gasteiger partial charge in [-0.3, -0.25) is 10.1 Å². The van der Waals surface area contributed by atoms with E-state index in [1.807, 2.05) is 0 Å². The quantitative estimate of drug-likeness (QED) is 0.427. The number of nitrogens with zero attached hydrogens (tertiary/aromatic N) is 1. The van der Waals surface area contributed by atoms with E-state index in [2.05, 4.69) is 4.74 Å². The maximum absolute atomic E-state index is 12.0. The van der Waals surface area contributed by atoms with Crippen LogP contribution in [0.15, 0.2) is 42.5 Å². The van der Waals surface area contributed by atoms with Crippen LogP contribution >= 0.6 is 11.6 Å². The van der Waals surface area contributed by atoms with Crippen molar-refractivity contribution in [3.8, 4) is 11.5 Å². The first-order valence-electron chi connectivity index (χ1n) is 7.32. The Balaban J connectivity index is 2.12. The molecule has 8 nitrogen and oxygen atoms in total. The topological polar surface area (TPSA) is 105 Å². The molecule has 2 aromatic rings. The van der Waals surface area contributed by atoms with Gasteiger partial charge in [0.25, 0.3) is 0 Å². The highest BCUT2D eigenvalue weighted by Crippen LogP contribution is 2.33. The van der Waals surface area contributed by atoms with Gasteiger partial charge in [-0.2, -0.15) is 0 Å². The van der Waals surface area contributed by atoms with Gasteiger partial charge in [-0.05, 0) is 43.3 Å². The highest BCUT2D eigenvalue weighted by atomic mass is 35.5. The molecule has 9 heteroatoms. The van der Waals surface area contributed by atoms with Gasteiger partial charge in [-0.15, -0.1) is 0 Å². The van der Waals surface area contributed by atoms with Crippen LogP contribution in [-0.2, 0) is 14.3 Å². The number of halogens is 1. The molecule has 0 aliphatic carbocycles. The standard InChI is InChI=1S/C17H14ClNO7/c1-10(16(20)24-2)25-17(21)11-3-6-13(7-4-11)26-15-8-5-12(18)9-14(15)19(22)23/h3-10H,1-2H3/t10-/m1/s1. The number of methoxy groups -OCH3 is 1. The van der Waals surface area contributed by atoms with Gasteiger partial charge in [0.15, 0.2) is 6.10 Å². The Kier molecular flexibility index (Phi) is 6.13. The zero-order chi connectivity index (χ0) is 19.3. The molecule has 0 bridgehead atoms. The Morgan fingerprint density at radius 2 is 1.81 bits per heavy atom. The molecule has 0 amide bonds. The number of esters is 2. The first-order chi connectivity index (χ1) is 12.3. The number of ether oxygens (including phenoxy) is 3. The summed E-state index contributed by atoms with van der Waals surface area (Å²) in [6.45, 7) is 1.39. The number of carbonyl (C=O) groups is 2. The predicted octanol–water partition coefficient (Wildman–Crippen LogP) is 3.76. The summed E-state index contributed by atoms with van der Waals surface area (Å²) >= 11 is 5.75. The van der Waals surface area contributed by atoms with Crippen LogP contribution in [0.25, 0.3) is 0 Å². The fraction of sp³-hybridized carbons (Fsp3) is 0.176. The largest absolute Gasteiger partial charge is 0.466 e. The third-order valence-corrected chi connectivity index (χ3v) is 3.49. The van der Waals surface area contributed by atoms with Gasteiger partial charge in [0.05, 0.1) is 17.6 Å². The van der Waals surface area contributed by atoms with Gasteiger partial charge in [0.1, 0.15) is 5.75 Å². The number of nitro benzene ring substituents is 1. The van der Waals surface area contributed by atoms with E-state index in [0.29, 0.717) is 0 Å².